The summed E-state index contributed by atoms with van der Waals surface area (Å²) in [5, 5.41) is 9.88. The second-order valence-electron chi connectivity index (χ2n) is 4.93. The third kappa shape index (κ3) is 2.68. The number of aliphatic hydroxyl groups excluding tert-OH is 1. The lowest BCUT2D eigenvalue weighted by Crippen LogP contribution is -2.27. The molecule has 1 aromatic carbocycles. The van der Waals surface area contributed by atoms with Crippen molar-refractivity contribution >= 4 is 6.08 Å². The SMILES string of the molecule is CC1(C)C=Cc2cc(C(O)CCN)ccc2O1. The Morgan fingerprint density at radius 1 is 1.41 bits per heavy atom. The summed E-state index contributed by atoms with van der Waals surface area (Å²) in [6, 6.07) is 5.77. The van der Waals surface area contributed by atoms with Crippen molar-refractivity contribution in [3.63, 3.8) is 0 Å². The molecule has 1 aliphatic heterocycles. The van der Waals surface area contributed by atoms with Crippen molar-refractivity contribution in [2.24, 2.45) is 5.73 Å². The molecule has 0 radical (unpaired) electrons. The molecule has 1 aliphatic rings. The van der Waals surface area contributed by atoms with Crippen LogP contribution in [-0.4, -0.2) is 17.3 Å². The number of aliphatic hydroxyl groups is 1. The van der Waals surface area contributed by atoms with Gasteiger partial charge in [-0.05, 0) is 50.6 Å². The van der Waals surface area contributed by atoms with Crippen molar-refractivity contribution < 1.29 is 9.84 Å². The Kier molecular flexibility index (Phi) is 3.22. The van der Waals surface area contributed by atoms with Crippen LogP contribution in [0.1, 0.15) is 37.5 Å². The summed E-state index contributed by atoms with van der Waals surface area (Å²) in [5.41, 5.74) is 7.08. The highest BCUT2D eigenvalue weighted by Crippen LogP contribution is 2.32. The molecule has 3 N–H and O–H groups in total. The summed E-state index contributed by atoms with van der Waals surface area (Å²) >= 11 is 0. The standard InChI is InChI=1S/C14H19NO2/c1-14(2)7-5-11-9-10(12(16)6-8-15)3-4-13(11)17-14/h3-5,7,9,12,16H,6,8,15H2,1-2H3. The molecule has 0 saturated heterocycles. The maximum absolute atomic E-state index is 9.88. The van der Waals surface area contributed by atoms with Crippen LogP contribution >= 0.6 is 0 Å². The van der Waals surface area contributed by atoms with Gasteiger partial charge in [-0.15, -0.1) is 0 Å². The van der Waals surface area contributed by atoms with Crippen LogP contribution in [-0.2, 0) is 0 Å². The molecule has 1 atom stereocenters. The lowest BCUT2D eigenvalue weighted by molar-refractivity contribution is 0.157. The number of nitrogens with two attached hydrogens (primary N) is 1. The Hall–Kier alpha value is -1.32. The highest BCUT2D eigenvalue weighted by Gasteiger charge is 2.22. The van der Waals surface area contributed by atoms with E-state index in [9.17, 15) is 5.11 Å². The minimum atomic E-state index is -0.492. The molecule has 0 aliphatic carbocycles. The number of ether oxygens (including phenoxy) is 1. The summed E-state index contributed by atoms with van der Waals surface area (Å²) in [5.74, 6) is 0.862. The lowest BCUT2D eigenvalue weighted by Gasteiger charge is -2.28. The molecule has 0 aromatic heterocycles. The third-order valence-electron chi connectivity index (χ3n) is 2.90. The molecule has 17 heavy (non-hydrogen) atoms. The molecule has 3 nitrogen and oxygen atoms in total. The van der Waals surface area contributed by atoms with Crippen LogP contribution in [0.15, 0.2) is 24.3 Å². The lowest BCUT2D eigenvalue weighted by atomic mass is 9.98. The molecule has 0 bridgehead atoms. The zero-order valence-electron chi connectivity index (χ0n) is 10.3. The van der Waals surface area contributed by atoms with Gasteiger partial charge < -0.3 is 15.6 Å². The molecular weight excluding hydrogens is 214 g/mol. The van der Waals surface area contributed by atoms with E-state index in [2.05, 4.69) is 0 Å². The Bertz CT molecular complexity index is 438. The highest BCUT2D eigenvalue weighted by molar-refractivity contribution is 5.61. The maximum atomic E-state index is 9.88. The molecule has 0 saturated carbocycles. The van der Waals surface area contributed by atoms with Gasteiger partial charge in [-0.3, -0.25) is 0 Å². The van der Waals surface area contributed by atoms with E-state index >= 15 is 0 Å². The second kappa shape index (κ2) is 4.51. The zero-order valence-corrected chi connectivity index (χ0v) is 10.3. The van der Waals surface area contributed by atoms with Gasteiger partial charge in [0.25, 0.3) is 0 Å². The van der Waals surface area contributed by atoms with Crippen LogP contribution in [0.25, 0.3) is 6.08 Å². The van der Waals surface area contributed by atoms with Crippen LogP contribution in [0.2, 0.25) is 0 Å². The van der Waals surface area contributed by atoms with Gasteiger partial charge in [-0.1, -0.05) is 12.1 Å². The van der Waals surface area contributed by atoms with E-state index in [1.165, 1.54) is 0 Å². The average Bonchev–Trinajstić information content (AvgIpc) is 2.27. The number of hydrogen-bond donors (Lipinski definition) is 2. The quantitative estimate of drug-likeness (QED) is 0.842. The van der Waals surface area contributed by atoms with Crippen LogP contribution in [0.5, 0.6) is 5.75 Å². The van der Waals surface area contributed by atoms with Crippen molar-refractivity contribution in [1.29, 1.82) is 0 Å². The van der Waals surface area contributed by atoms with Gasteiger partial charge in [0, 0.05) is 5.56 Å². The summed E-state index contributed by atoms with van der Waals surface area (Å²) in [6.07, 6.45) is 4.15. The summed E-state index contributed by atoms with van der Waals surface area (Å²) < 4.78 is 5.82. The predicted octanol–water partition coefficient (Wildman–Crippen LogP) is 2.25. The van der Waals surface area contributed by atoms with Gasteiger partial charge in [0.1, 0.15) is 11.4 Å². The van der Waals surface area contributed by atoms with Gasteiger partial charge in [-0.25, -0.2) is 0 Å². The highest BCUT2D eigenvalue weighted by atomic mass is 16.5. The number of hydrogen-bond acceptors (Lipinski definition) is 3. The molecule has 1 unspecified atom stereocenters. The van der Waals surface area contributed by atoms with E-state index in [1.54, 1.807) is 0 Å². The van der Waals surface area contributed by atoms with Crippen molar-refractivity contribution in [2.75, 3.05) is 6.54 Å². The monoisotopic (exact) mass is 233 g/mol. The van der Waals surface area contributed by atoms with E-state index in [0.29, 0.717) is 13.0 Å². The molecule has 92 valence electrons. The van der Waals surface area contributed by atoms with Crippen molar-refractivity contribution in [3.8, 4) is 5.75 Å². The fraction of sp³-hybridized carbons (Fsp3) is 0.429. The van der Waals surface area contributed by atoms with E-state index < -0.39 is 6.10 Å². The first-order valence-electron chi connectivity index (χ1n) is 5.92. The maximum Gasteiger partial charge on any atom is 0.127 e. The van der Waals surface area contributed by atoms with E-state index in [-0.39, 0.29) is 5.60 Å². The number of rotatable bonds is 3. The molecule has 3 heteroatoms. The first kappa shape index (κ1) is 12.1. The molecule has 1 aromatic rings. The number of fused-ring (bicyclic) bond motifs is 1. The molecule has 0 fully saturated rings. The van der Waals surface area contributed by atoms with Gasteiger partial charge in [0.05, 0.1) is 6.10 Å². The summed E-state index contributed by atoms with van der Waals surface area (Å²) in [6.45, 7) is 4.52. The number of benzene rings is 1. The Labute approximate surface area is 102 Å². The van der Waals surface area contributed by atoms with Gasteiger partial charge >= 0.3 is 0 Å². The zero-order chi connectivity index (χ0) is 12.5. The Morgan fingerprint density at radius 2 is 2.18 bits per heavy atom. The minimum Gasteiger partial charge on any atom is -0.483 e. The Morgan fingerprint density at radius 3 is 2.88 bits per heavy atom. The predicted molar refractivity (Wildman–Crippen MR) is 68.8 cm³/mol. The smallest absolute Gasteiger partial charge is 0.127 e. The van der Waals surface area contributed by atoms with Gasteiger partial charge in [-0.2, -0.15) is 0 Å². The van der Waals surface area contributed by atoms with Crippen molar-refractivity contribution in [3.05, 3.63) is 35.4 Å². The van der Waals surface area contributed by atoms with Gasteiger partial charge in [0.2, 0.25) is 0 Å². The largest absolute Gasteiger partial charge is 0.483 e. The second-order valence-corrected chi connectivity index (χ2v) is 4.93. The van der Waals surface area contributed by atoms with Crippen LogP contribution in [0.3, 0.4) is 0 Å². The summed E-state index contributed by atoms with van der Waals surface area (Å²) in [4.78, 5) is 0. The fourth-order valence-corrected chi connectivity index (χ4v) is 1.93. The molecular formula is C14H19NO2. The fourth-order valence-electron chi connectivity index (χ4n) is 1.93. The van der Waals surface area contributed by atoms with E-state index in [1.807, 2.05) is 44.2 Å². The molecule has 0 amide bonds. The molecule has 1 heterocycles. The van der Waals surface area contributed by atoms with Crippen LogP contribution in [0, 0.1) is 0 Å². The van der Waals surface area contributed by atoms with Crippen molar-refractivity contribution in [2.45, 2.75) is 32.0 Å². The van der Waals surface area contributed by atoms with E-state index in [0.717, 1.165) is 16.9 Å². The van der Waals surface area contributed by atoms with E-state index in [4.69, 9.17) is 10.5 Å². The minimum absolute atomic E-state index is 0.260. The average molecular weight is 233 g/mol. The van der Waals surface area contributed by atoms with Crippen LogP contribution < -0.4 is 10.5 Å². The normalized spacial score (nSPS) is 18.4. The molecule has 0 spiro atoms. The van der Waals surface area contributed by atoms with Crippen LogP contribution in [0.4, 0.5) is 0 Å². The first-order chi connectivity index (χ1) is 8.02. The summed E-state index contributed by atoms with van der Waals surface area (Å²) in [7, 11) is 0. The molecule has 2 rings (SSSR count). The van der Waals surface area contributed by atoms with Crippen molar-refractivity contribution in [1.82, 2.24) is 0 Å². The topological polar surface area (TPSA) is 55.5 Å². The van der Waals surface area contributed by atoms with Gasteiger partial charge in [0.15, 0.2) is 0 Å². The third-order valence-corrected chi connectivity index (χ3v) is 2.90. The Balaban J connectivity index is 2.27. The first-order valence-corrected chi connectivity index (χ1v) is 5.92.